The smallest absolute Gasteiger partial charge is 0.296 e. The van der Waals surface area contributed by atoms with E-state index in [0.717, 1.165) is 9.88 Å². The lowest BCUT2D eigenvalue weighted by molar-refractivity contribution is -0.115. The fraction of sp³-hybridized carbons (Fsp3) is 0.150. The summed E-state index contributed by atoms with van der Waals surface area (Å²) >= 11 is 13.3. The Labute approximate surface area is 177 Å². The minimum atomic E-state index is -0.393. The number of ketones is 1. The lowest BCUT2D eigenvalue weighted by atomic mass is 10.2. The van der Waals surface area contributed by atoms with E-state index in [4.69, 9.17) is 23.2 Å². The van der Waals surface area contributed by atoms with Crippen LogP contribution in [0.25, 0.3) is 0 Å². The Kier molecular flexibility index (Phi) is 6.67. The van der Waals surface area contributed by atoms with E-state index in [0.29, 0.717) is 16.4 Å². The molecule has 0 aliphatic heterocycles. The molecule has 0 atom stereocenters. The molecule has 5 nitrogen and oxygen atoms in total. The Hall–Kier alpha value is -2.41. The molecule has 28 heavy (non-hydrogen) atoms. The number of carbonyl (C=O) groups is 2. The molecule has 3 aromatic rings. The van der Waals surface area contributed by atoms with Gasteiger partial charge in [-0.25, -0.2) is 4.79 Å². The molecular formula is C20H17Cl2N3O2S. The molecule has 3 rings (SSSR count). The Bertz CT molecular complexity index is 978. The number of carbonyl (C=O) groups excluding carboxylic acids is 2. The lowest BCUT2D eigenvalue weighted by Crippen LogP contribution is -2.44. The summed E-state index contributed by atoms with van der Waals surface area (Å²) in [6.07, 6.45) is 3.14. The summed E-state index contributed by atoms with van der Waals surface area (Å²) in [4.78, 5) is 33.7. The molecule has 0 fully saturated rings. The van der Waals surface area contributed by atoms with E-state index < -0.39 is 6.03 Å². The third kappa shape index (κ3) is 4.70. The Morgan fingerprint density at radius 1 is 1.11 bits per heavy atom. The van der Waals surface area contributed by atoms with Crippen LogP contribution in [-0.4, -0.2) is 29.2 Å². The number of Topliss-reactive ketones (excluding diaryl/α,β-unsaturated/α-hetero) is 1. The van der Waals surface area contributed by atoms with E-state index >= 15 is 0 Å². The summed E-state index contributed by atoms with van der Waals surface area (Å²) in [6, 6.07) is 13.9. The van der Waals surface area contributed by atoms with Crippen molar-refractivity contribution < 1.29 is 9.59 Å². The average Bonchev–Trinajstić information content (AvgIpc) is 3.12. The molecule has 0 aliphatic carbocycles. The molecule has 0 unspecified atom stereocenters. The molecule has 8 heteroatoms. The van der Waals surface area contributed by atoms with Gasteiger partial charge in [0.25, 0.3) is 0 Å². The zero-order valence-corrected chi connectivity index (χ0v) is 17.3. The van der Waals surface area contributed by atoms with Crippen molar-refractivity contribution in [3.05, 3.63) is 70.8 Å². The second-order valence-corrected chi connectivity index (χ2v) is 7.92. The average molecular weight is 434 g/mol. The highest BCUT2D eigenvalue weighted by Gasteiger charge is 2.28. The molecule has 0 saturated heterocycles. The minimum Gasteiger partial charge on any atom is -0.296 e. The van der Waals surface area contributed by atoms with Crippen LogP contribution in [0.4, 0.5) is 21.2 Å². The number of alkyl halides is 1. The number of halogens is 2. The van der Waals surface area contributed by atoms with Crippen LogP contribution < -0.4 is 9.80 Å². The van der Waals surface area contributed by atoms with Gasteiger partial charge in [0.05, 0.1) is 30.0 Å². The number of amides is 2. The van der Waals surface area contributed by atoms with Crippen LogP contribution in [0.15, 0.2) is 60.9 Å². The highest BCUT2D eigenvalue weighted by atomic mass is 35.5. The third-order valence-corrected chi connectivity index (χ3v) is 5.40. The number of rotatable bonds is 6. The van der Waals surface area contributed by atoms with Crippen molar-refractivity contribution in [2.45, 2.75) is 6.92 Å². The van der Waals surface area contributed by atoms with Gasteiger partial charge >= 0.3 is 6.03 Å². The van der Waals surface area contributed by atoms with E-state index in [1.54, 1.807) is 42.6 Å². The van der Waals surface area contributed by atoms with Crippen molar-refractivity contribution in [3.63, 3.8) is 0 Å². The van der Waals surface area contributed by atoms with Crippen LogP contribution in [0, 0.1) is 6.92 Å². The highest BCUT2D eigenvalue weighted by molar-refractivity contribution is 7.16. The van der Waals surface area contributed by atoms with Crippen LogP contribution >= 0.6 is 34.5 Å². The first kappa shape index (κ1) is 20.3. The predicted octanol–water partition coefficient (Wildman–Crippen LogP) is 5.68. The van der Waals surface area contributed by atoms with Crippen molar-refractivity contribution in [2.24, 2.45) is 0 Å². The molecule has 2 amide bonds. The van der Waals surface area contributed by atoms with E-state index in [1.807, 2.05) is 19.1 Å². The van der Waals surface area contributed by atoms with E-state index in [1.165, 1.54) is 27.3 Å². The maximum atomic E-state index is 13.6. The lowest BCUT2D eigenvalue weighted by Gasteiger charge is -2.29. The van der Waals surface area contributed by atoms with Gasteiger partial charge in [-0.3, -0.25) is 19.6 Å². The molecule has 0 saturated carbocycles. The minimum absolute atomic E-state index is 0.157. The zero-order chi connectivity index (χ0) is 20.1. The van der Waals surface area contributed by atoms with Gasteiger partial charge in [0, 0.05) is 16.1 Å². The molecule has 2 aromatic heterocycles. The molecule has 2 heterocycles. The summed E-state index contributed by atoms with van der Waals surface area (Å²) in [5.74, 6) is -0.452. The summed E-state index contributed by atoms with van der Waals surface area (Å²) in [5, 5.41) is 1.23. The van der Waals surface area contributed by atoms with Gasteiger partial charge in [0.15, 0.2) is 5.78 Å². The number of pyridine rings is 1. The maximum absolute atomic E-state index is 13.6. The van der Waals surface area contributed by atoms with Crippen molar-refractivity contribution in [2.75, 3.05) is 22.2 Å². The number of hydrogen-bond donors (Lipinski definition) is 0. The third-order valence-electron chi connectivity index (χ3n) is 3.88. The standard InChI is InChI=1S/C20H17Cl2N3O2S/c1-14-7-8-19(28-14)25(16-5-2-4-15(22)10-16)20(27)24(13-18(26)11-21)17-6-3-9-23-12-17/h2-10,12H,11,13H2,1H3. The van der Waals surface area contributed by atoms with Crippen molar-refractivity contribution in [3.8, 4) is 0 Å². The predicted molar refractivity (Wildman–Crippen MR) is 115 cm³/mol. The molecular weight excluding hydrogens is 417 g/mol. The SMILES string of the molecule is Cc1ccc(N(C(=O)N(CC(=O)CCl)c2cccnc2)c2cccc(Cl)c2)s1. The van der Waals surface area contributed by atoms with E-state index in [-0.39, 0.29) is 18.2 Å². The van der Waals surface area contributed by atoms with Crippen LogP contribution in [0.1, 0.15) is 4.88 Å². The number of anilines is 3. The summed E-state index contributed by atoms with van der Waals surface area (Å²) in [5.41, 5.74) is 1.11. The van der Waals surface area contributed by atoms with Crippen LogP contribution in [0.2, 0.25) is 5.02 Å². The molecule has 0 radical (unpaired) electrons. The zero-order valence-electron chi connectivity index (χ0n) is 15.0. The van der Waals surface area contributed by atoms with Crippen LogP contribution in [-0.2, 0) is 4.79 Å². The number of nitrogens with zero attached hydrogens (tertiary/aromatic N) is 3. The van der Waals surface area contributed by atoms with Crippen LogP contribution in [0.5, 0.6) is 0 Å². The highest BCUT2D eigenvalue weighted by Crippen LogP contribution is 2.34. The summed E-state index contributed by atoms with van der Waals surface area (Å²) in [7, 11) is 0. The first-order valence-electron chi connectivity index (χ1n) is 8.41. The Morgan fingerprint density at radius 3 is 2.50 bits per heavy atom. The van der Waals surface area contributed by atoms with Gasteiger partial charge in [-0.15, -0.1) is 22.9 Å². The van der Waals surface area contributed by atoms with Gasteiger partial charge in [-0.05, 0) is 49.4 Å². The molecule has 1 aromatic carbocycles. The molecule has 0 aliphatic rings. The van der Waals surface area contributed by atoms with Crippen LogP contribution in [0.3, 0.4) is 0 Å². The first-order valence-corrected chi connectivity index (χ1v) is 10.1. The van der Waals surface area contributed by atoms with Gasteiger partial charge in [-0.2, -0.15) is 0 Å². The molecule has 0 N–H and O–H groups in total. The number of thiophene rings is 1. The number of urea groups is 1. The van der Waals surface area contributed by atoms with Crippen molar-refractivity contribution in [1.82, 2.24) is 4.98 Å². The van der Waals surface area contributed by atoms with E-state index in [9.17, 15) is 9.59 Å². The Balaban J connectivity index is 2.08. The number of benzene rings is 1. The molecule has 0 bridgehead atoms. The quantitative estimate of drug-likeness (QED) is 0.469. The number of hydrogen-bond acceptors (Lipinski definition) is 4. The van der Waals surface area contributed by atoms with Gasteiger partial charge in [0.1, 0.15) is 5.00 Å². The normalized spacial score (nSPS) is 10.5. The first-order chi connectivity index (χ1) is 13.5. The van der Waals surface area contributed by atoms with Gasteiger partial charge in [-0.1, -0.05) is 17.7 Å². The fourth-order valence-corrected chi connectivity index (χ4v) is 3.76. The van der Waals surface area contributed by atoms with Crippen molar-refractivity contribution >= 4 is 62.7 Å². The maximum Gasteiger partial charge on any atom is 0.334 e. The number of aromatic nitrogens is 1. The van der Waals surface area contributed by atoms with Gasteiger partial charge < -0.3 is 0 Å². The summed E-state index contributed by atoms with van der Waals surface area (Å²) in [6.45, 7) is 1.81. The molecule has 144 valence electrons. The Morgan fingerprint density at radius 2 is 1.89 bits per heavy atom. The monoisotopic (exact) mass is 433 g/mol. The number of aryl methyl sites for hydroxylation is 1. The molecule has 0 spiro atoms. The second kappa shape index (κ2) is 9.19. The summed E-state index contributed by atoms with van der Waals surface area (Å²) < 4.78 is 0. The second-order valence-electron chi connectivity index (χ2n) is 5.95. The largest absolute Gasteiger partial charge is 0.334 e. The fourth-order valence-electron chi connectivity index (χ4n) is 2.61. The van der Waals surface area contributed by atoms with E-state index in [2.05, 4.69) is 4.98 Å². The van der Waals surface area contributed by atoms with Crippen molar-refractivity contribution in [1.29, 1.82) is 0 Å². The van der Waals surface area contributed by atoms with Gasteiger partial charge in [0.2, 0.25) is 0 Å². The topological polar surface area (TPSA) is 53.5 Å².